The van der Waals surface area contributed by atoms with Gasteiger partial charge in [-0.2, -0.15) is 5.10 Å². The van der Waals surface area contributed by atoms with Crippen LogP contribution in [0.15, 0.2) is 59.7 Å². The molecule has 1 heterocycles. The van der Waals surface area contributed by atoms with Crippen LogP contribution in [0.5, 0.6) is 5.75 Å². The maximum atomic E-state index is 12.1. The Morgan fingerprint density at radius 3 is 2.48 bits per heavy atom. The molecule has 6 heteroatoms. The molecular formula is C23H26N4O2. The lowest BCUT2D eigenvalue weighted by atomic mass is 10.1. The number of methoxy groups -OCH3 is 1. The smallest absolute Gasteiger partial charge is 0.259 e. The van der Waals surface area contributed by atoms with Crippen LogP contribution in [-0.2, 0) is 4.79 Å². The minimum Gasteiger partial charge on any atom is -0.497 e. The molecular weight excluding hydrogens is 364 g/mol. The van der Waals surface area contributed by atoms with Crippen molar-refractivity contribution in [2.24, 2.45) is 5.10 Å². The number of amides is 1. The highest BCUT2D eigenvalue weighted by Gasteiger charge is 2.06. The minimum atomic E-state index is -0.209. The zero-order chi connectivity index (χ0) is 20.8. The molecule has 0 atom stereocenters. The molecule has 150 valence electrons. The summed E-state index contributed by atoms with van der Waals surface area (Å²) in [6.07, 6.45) is 1.64. The van der Waals surface area contributed by atoms with Crippen molar-refractivity contribution in [3.63, 3.8) is 0 Å². The van der Waals surface area contributed by atoms with Crippen LogP contribution in [0.3, 0.4) is 0 Å². The highest BCUT2D eigenvalue weighted by atomic mass is 16.5. The first kappa shape index (κ1) is 20.2. The van der Waals surface area contributed by atoms with Crippen molar-refractivity contribution in [3.05, 3.63) is 77.1 Å². The topological polar surface area (TPSA) is 67.6 Å². The third-order valence-corrected chi connectivity index (χ3v) is 4.78. The monoisotopic (exact) mass is 390 g/mol. The van der Waals surface area contributed by atoms with Gasteiger partial charge < -0.3 is 14.6 Å². The number of aryl methyl sites for hydroxylation is 3. The first-order chi connectivity index (χ1) is 14.0. The van der Waals surface area contributed by atoms with Crippen molar-refractivity contribution in [2.45, 2.75) is 20.8 Å². The van der Waals surface area contributed by atoms with Crippen LogP contribution in [0.4, 0.5) is 5.69 Å². The van der Waals surface area contributed by atoms with Crippen LogP contribution in [-0.4, -0.2) is 30.3 Å². The predicted molar refractivity (Wildman–Crippen MR) is 117 cm³/mol. The molecule has 1 amide bonds. The molecule has 0 spiro atoms. The second-order valence-electron chi connectivity index (χ2n) is 6.88. The molecule has 0 saturated carbocycles. The number of ether oxygens (including phenoxy) is 1. The third kappa shape index (κ3) is 5.04. The number of carbonyl (C=O) groups excluding carboxylic acids is 1. The van der Waals surface area contributed by atoms with E-state index in [0.29, 0.717) is 0 Å². The van der Waals surface area contributed by atoms with Gasteiger partial charge in [-0.1, -0.05) is 6.07 Å². The molecule has 29 heavy (non-hydrogen) atoms. The SMILES string of the molecule is COc1ccc(-n2c(C)ccc2/C=N/NC(=O)CNc2ccc(C)c(C)c2)cc1. The number of hydrogen-bond donors (Lipinski definition) is 2. The van der Waals surface area contributed by atoms with E-state index in [-0.39, 0.29) is 12.5 Å². The van der Waals surface area contributed by atoms with E-state index in [0.717, 1.165) is 28.5 Å². The number of nitrogens with zero attached hydrogens (tertiary/aromatic N) is 2. The normalized spacial score (nSPS) is 10.9. The second kappa shape index (κ2) is 9.10. The maximum absolute atomic E-state index is 12.1. The Morgan fingerprint density at radius 1 is 1.03 bits per heavy atom. The fourth-order valence-corrected chi connectivity index (χ4v) is 2.99. The zero-order valence-electron chi connectivity index (χ0n) is 17.2. The fraction of sp³-hybridized carbons (Fsp3) is 0.217. The molecule has 0 aliphatic carbocycles. The molecule has 0 saturated heterocycles. The predicted octanol–water partition coefficient (Wildman–Crippen LogP) is 3.97. The number of anilines is 1. The Hall–Kier alpha value is -3.54. The average Bonchev–Trinajstić information content (AvgIpc) is 3.09. The second-order valence-corrected chi connectivity index (χ2v) is 6.88. The molecule has 0 fully saturated rings. The van der Waals surface area contributed by atoms with Gasteiger partial charge in [0.15, 0.2) is 0 Å². The van der Waals surface area contributed by atoms with E-state index in [1.165, 1.54) is 11.1 Å². The van der Waals surface area contributed by atoms with Crippen LogP contribution in [0.1, 0.15) is 22.5 Å². The zero-order valence-corrected chi connectivity index (χ0v) is 17.2. The molecule has 0 aliphatic heterocycles. The van der Waals surface area contributed by atoms with Crippen LogP contribution in [0.2, 0.25) is 0 Å². The summed E-state index contributed by atoms with van der Waals surface area (Å²) in [5.74, 6) is 0.594. The Labute approximate surface area is 171 Å². The van der Waals surface area contributed by atoms with E-state index in [1.807, 2.05) is 68.4 Å². The molecule has 6 nitrogen and oxygen atoms in total. The van der Waals surface area contributed by atoms with Crippen molar-refractivity contribution in [1.82, 2.24) is 9.99 Å². The standard InChI is InChI=1S/C23H26N4O2/c1-16-5-7-19(13-17(16)2)24-15-23(28)26-25-14-21-8-6-18(3)27(21)20-9-11-22(29-4)12-10-20/h5-14,24H,15H2,1-4H3,(H,26,28)/b25-14+. The number of carbonyl (C=O) groups is 1. The number of aromatic nitrogens is 1. The van der Waals surface area contributed by atoms with Crippen molar-refractivity contribution in [2.75, 3.05) is 19.0 Å². The largest absolute Gasteiger partial charge is 0.497 e. The summed E-state index contributed by atoms with van der Waals surface area (Å²) in [5, 5.41) is 7.22. The Kier molecular flexibility index (Phi) is 6.34. The summed E-state index contributed by atoms with van der Waals surface area (Å²) in [7, 11) is 1.64. The molecule has 0 aliphatic rings. The van der Waals surface area contributed by atoms with E-state index < -0.39 is 0 Å². The quantitative estimate of drug-likeness (QED) is 0.474. The third-order valence-electron chi connectivity index (χ3n) is 4.78. The lowest BCUT2D eigenvalue weighted by Gasteiger charge is -2.10. The summed E-state index contributed by atoms with van der Waals surface area (Å²) in [6.45, 7) is 6.28. The van der Waals surface area contributed by atoms with Gasteiger partial charge in [0.05, 0.1) is 25.6 Å². The van der Waals surface area contributed by atoms with Gasteiger partial charge in [0, 0.05) is 17.1 Å². The first-order valence-corrected chi connectivity index (χ1v) is 9.43. The van der Waals surface area contributed by atoms with Gasteiger partial charge in [-0.25, -0.2) is 5.43 Å². The molecule has 0 radical (unpaired) electrons. The van der Waals surface area contributed by atoms with Gasteiger partial charge in [0.2, 0.25) is 0 Å². The van der Waals surface area contributed by atoms with Crippen molar-refractivity contribution < 1.29 is 9.53 Å². The molecule has 2 N–H and O–H groups in total. The lowest BCUT2D eigenvalue weighted by molar-refractivity contribution is -0.119. The van der Waals surface area contributed by atoms with Gasteiger partial charge >= 0.3 is 0 Å². The number of benzene rings is 2. The van der Waals surface area contributed by atoms with Crippen molar-refractivity contribution in [3.8, 4) is 11.4 Å². The van der Waals surface area contributed by atoms with Gasteiger partial charge in [-0.05, 0) is 80.4 Å². The van der Waals surface area contributed by atoms with Crippen LogP contribution in [0, 0.1) is 20.8 Å². The number of hydrogen-bond acceptors (Lipinski definition) is 4. The van der Waals surface area contributed by atoms with Gasteiger partial charge in [-0.15, -0.1) is 0 Å². The number of rotatable bonds is 7. The minimum absolute atomic E-state index is 0.151. The van der Waals surface area contributed by atoms with Gasteiger partial charge in [0.25, 0.3) is 5.91 Å². The fourth-order valence-electron chi connectivity index (χ4n) is 2.99. The molecule has 3 aromatic rings. The molecule has 0 bridgehead atoms. The summed E-state index contributed by atoms with van der Waals surface area (Å²) in [6, 6.07) is 17.8. The van der Waals surface area contributed by atoms with E-state index in [9.17, 15) is 4.79 Å². The van der Waals surface area contributed by atoms with Gasteiger partial charge in [-0.3, -0.25) is 4.79 Å². The molecule has 2 aromatic carbocycles. The number of nitrogens with one attached hydrogen (secondary N) is 2. The Balaban J connectivity index is 1.61. The van der Waals surface area contributed by atoms with Crippen LogP contribution in [0.25, 0.3) is 5.69 Å². The Bertz CT molecular complexity index is 1020. The molecule has 3 rings (SSSR count). The average molecular weight is 390 g/mol. The van der Waals surface area contributed by atoms with Crippen LogP contribution < -0.4 is 15.5 Å². The van der Waals surface area contributed by atoms with E-state index in [4.69, 9.17) is 4.74 Å². The van der Waals surface area contributed by atoms with Crippen molar-refractivity contribution >= 4 is 17.8 Å². The van der Waals surface area contributed by atoms with Crippen LogP contribution >= 0.6 is 0 Å². The highest BCUT2D eigenvalue weighted by molar-refractivity contribution is 5.84. The summed E-state index contributed by atoms with van der Waals surface area (Å²) in [4.78, 5) is 12.1. The van der Waals surface area contributed by atoms with E-state index in [1.54, 1.807) is 13.3 Å². The molecule has 1 aromatic heterocycles. The highest BCUT2D eigenvalue weighted by Crippen LogP contribution is 2.19. The van der Waals surface area contributed by atoms with Gasteiger partial charge in [0.1, 0.15) is 5.75 Å². The lowest BCUT2D eigenvalue weighted by Crippen LogP contribution is -2.26. The Morgan fingerprint density at radius 2 is 1.79 bits per heavy atom. The maximum Gasteiger partial charge on any atom is 0.259 e. The summed E-state index contributed by atoms with van der Waals surface area (Å²) >= 11 is 0. The van der Waals surface area contributed by atoms with E-state index >= 15 is 0 Å². The van der Waals surface area contributed by atoms with Crippen molar-refractivity contribution in [1.29, 1.82) is 0 Å². The summed E-state index contributed by atoms with van der Waals surface area (Å²) < 4.78 is 7.27. The number of hydrazone groups is 1. The first-order valence-electron chi connectivity index (χ1n) is 9.43. The molecule has 0 unspecified atom stereocenters. The van der Waals surface area contributed by atoms with E-state index in [2.05, 4.69) is 27.3 Å². The summed E-state index contributed by atoms with van der Waals surface area (Å²) in [5.41, 5.74) is 8.82.